The van der Waals surface area contributed by atoms with Crippen LogP contribution in [-0.2, 0) is 13.0 Å². The number of carbonyl (C=O) groups is 1. The van der Waals surface area contributed by atoms with Gasteiger partial charge in [0.2, 0.25) is 0 Å². The van der Waals surface area contributed by atoms with Gasteiger partial charge in [0.25, 0.3) is 0 Å². The van der Waals surface area contributed by atoms with Gasteiger partial charge in [0.1, 0.15) is 18.0 Å². The second kappa shape index (κ2) is 6.35. The second-order valence-electron chi connectivity index (χ2n) is 5.02. The maximum atomic E-state index is 13.2. The molecule has 0 atom stereocenters. The maximum absolute atomic E-state index is 13.2. The number of amides is 2. The van der Waals surface area contributed by atoms with Crippen molar-refractivity contribution in [1.82, 2.24) is 20.3 Å². The van der Waals surface area contributed by atoms with Crippen LogP contribution in [0.25, 0.3) is 0 Å². The summed E-state index contributed by atoms with van der Waals surface area (Å²) in [6.45, 7) is 0.853. The molecule has 1 aliphatic rings. The Bertz CT molecular complexity index is 756. The standard InChI is InChI=1S/C14H14ClFN6O/c15-10-5-8(1-2-11(10)16)20-13-9-6-22(14(23)21-17)4-3-12(9)18-7-19-13/h1-2,5,7H,3-4,6,17H2,(H,21,23)(H,18,19,20). The van der Waals surface area contributed by atoms with Crippen molar-refractivity contribution in [3.05, 3.63) is 46.6 Å². The molecule has 9 heteroatoms. The molecule has 0 fully saturated rings. The van der Waals surface area contributed by atoms with Crippen molar-refractivity contribution in [2.75, 3.05) is 11.9 Å². The Morgan fingerprint density at radius 3 is 2.96 bits per heavy atom. The zero-order chi connectivity index (χ0) is 16.4. The molecule has 23 heavy (non-hydrogen) atoms. The lowest BCUT2D eigenvalue weighted by molar-refractivity contribution is 0.192. The molecule has 0 saturated carbocycles. The first-order valence-corrected chi connectivity index (χ1v) is 7.26. The van der Waals surface area contributed by atoms with Gasteiger partial charge in [-0.2, -0.15) is 0 Å². The summed E-state index contributed by atoms with van der Waals surface area (Å²) in [5.74, 6) is 5.23. The molecule has 2 amide bonds. The number of hydrazine groups is 1. The van der Waals surface area contributed by atoms with Crippen LogP contribution in [0.4, 0.5) is 20.7 Å². The predicted molar refractivity (Wildman–Crippen MR) is 83.6 cm³/mol. The van der Waals surface area contributed by atoms with Crippen molar-refractivity contribution in [3.63, 3.8) is 0 Å². The topological polar surface area (TPSA) is 96.2 Å². The van der Waals surface area contributed by atoms with Crippen molar-refractivity contribution < 1.29 is 9.18 Å². The van der Waals surface area contributed by atoms with E-state index >= 15 is 0 Å². The number of benzene rings is 1. The van der Waals surface area contributed by atoms with E-state index in [1.807, 2.05) is 0 Å². The van der Waals surface area contributed by atoms with Gasteiger partial charge >= 0.3 is 6.03 Å². The average Bonchev–Trinajstić information content (AvgIpc) is 2.57. The number of aromatic nitrogens is 2. The van der Waals surface area contributed by atoms with Gasteiger partial charge in [-0.05, 0) is 18.2 Å². The van der Waals surface area contributed by atoms with E-state index in [9.17, 15) is 9.18 Å². The Balaban J connectivity index is 1.89. The lowest BCUT2D eigenvalue weighted by Gasteiger charge is -2.28. The van der Waals surface area contributed by atoms with Crippen LogP contribution in [0.1, 0.15) is 11.3 Å². The zero-order valence-corrected chi connectivity index (χ0v) is 12.8. The van der Waals surface area contributed by atoms with E-state index in [4.69, 9.17) is 17.4 Å². The van der Waals surface area contributed by atoms with Crippen LogP contribution in [0.15, 0.2) is 24.5 Å². The molecule has 1 aliphatic heterocycles. The lowest BCUT2D eigenvalue weighted by atomic mass is 10.1. The highest BCUT2D eigenvalue weighted by molar-refractivity contribution is 6.31. The molecule has 0 bridgehead atoms. The Labute approximate surface area is 136 Å². The van der Waals surface area contributed by atoms with Gasteiger partial charge in [0.05, 0.1) is 17.3 Å². The molecule has 120 valence electrons. The van der Waals surface area contributed by atoms with Crippen molar-refractivity contribution in [3.8, 4) is 0 Å². The molecule has 1 aromatic carbocycles. The van der Waals surface area contributed by atoms with Crippen LogP contribution in [0.5, 0.6) is 0 Å². The zero-order valence-electron chi connectivity index (χ0n) is 12.0. The quantitative estimate of drug-likeness (QED) is 0.442. The third-order valence-corrected chi connectivity index (χ3v) is 3.88. The third-order valence-electron chi connectivity index (χ3n) is 3.60. The van der Waals surface area contributed by atoms with Crippen LogP contribution in [0.2, 0.25) is 5.02 Å². The Morgan fingerprint density at radius 2 is 2.22 bits per heavy atom. The van der Waals surface area contributed by atoms with Crippen molar-refractivity contribution in [2.24, 2.45) is 5.84 Å². The summed E-state index contributed by atoms with van der Waals surface area (Å²) in [5.41, 5.74) is 4.36. The van der Waals surface area contributed by atoms with Crippen LogP contribution >= 0.6 is 11.6 Å². The number of nitrogens with two attached hydrogens (primary N) is 1. The highest BCUT2D eigenvalue weighted by atomic mass is 35.5. The molecule has 0 unspecified atom stereocenters. The molecule has 0 saturated heterocycles. The molecule has 4 N–H and O–H groups in total. The molecule has 0 spiro atoms. The van der Waals surface area contributed by atoms with Gasteiger partial charge in [-0.25, -0.2) is 25.0 Å². The number of hydrogen-bond acceptors (Lipinski definition) is 5. The minimum absolute atomic E-state index is 0.0158. The molecule has 0 aliphatic carbocycles. The largest absolute Gasteiger partial charge is 0.340 e. The molecule has 3 rings (SSSR count). The molecular weight excluding hydrogens is 323 g/mol. The fraction of sp³-hybridized carbons (Fsp3) is 0.214. The molecular formula is C14H14ClFN6O. The molecule has 2 aromatic rings. The van der Waals surface area contributed by atoms with Crippen LogP contribution in [0, 0.1) is 5.82 Å². The summed E-state index contributed by atoms with van der Waals surface area (Å²) in [6, 6.07) is 3.93. The molecule has 7 nitrogen and oxygen atoms in total. The lowest BCUT2D eigenvalue weighted by Crippen LogP contribution is -2.45. The van der Waals surface area contributed by atoms with E-state index < -0.39 is 5.82 Å². The summed E-state index contributed by atoms with van der Waals surface area (Å²) >= 11 is 5.78. The van der Waals surface area contributed by atoms with Gasteiger partial charge in [-0.1, -0.05) is 11.6 Å². The van der Waals surface area contributed by atoms with Gasteiger partial charge in [-0.3, -0.25) is 5.43 Å². The van der Waals surface area contributed by atoms with Crippen LogP contribution < -0.4 is 16.6 Å². The summed E-state index contributed by atoms with van der Waals surface area (Å²) < 4.78 is 13.2. The summed E-state index contributed by atoms with van der Waals surface area (Å²) in [4.78, 5) is 21.7. The smallest absolute Gasteiger partial charge is 0.331 e. The van der Waals surface area contributed by atoms with Crippen LogP contribution in [0.3, 0.4) is 0 Å². The van der Waals surface area contributed by atoms with Gasteiger partial charge in [0, 0.05) is 24.2 Å². The minimum Gasteiger partial charge on any atom is -0.340 e. The number of nitrogens with zero attached hydrogens (tertiary/aromatic N) is 3. The maximum Gasteiger partial charge on any atom is 0.331 e. The molecule has 0 radical (unpaired) electrons. The Kier molecular flexibility index (Phi) is 4.26. The number of nitrogens with one attached hydrogen (secondary N) is 2. The van der Waals surface area contributed by atoms with Gasteiger partial charge < -0.3 is 10.2 Å². The van der Waals surface area contributed by atoms with Gasteiger partial charge in [0.15, 0.2) is 0 Å². The normalized spacial score (nSPS) is 13.4. The summed E-state index contributed by atoms with van der Waals surface area (Å²) in [5, 5.41) is 3.10. The number of hydrogen-bond donors (Lipinski definition) is 3. The van der Waals surface area contributed by atoms with E-state index in [1.54, 1.807) is 11.0 Å². The average molecular weight is 337 g/mol. The fourth-order valence-electron chi connectivity index (χ4n) is 2.42. The van der Waals surface area contributed by atoms with E-state index in [0.29, 0.717) is 31.0 Å². The van der Waals surface area contributed by atoms with E-state index in [0.717, 1.165) is 11.3 Å². The van der Waals surface area contributed by atoms with Crippen molar-refractivity contribution in [2.45, 2.75) is 13.0 Å². The first-order valence-electron chi connectivity index (χ1n) is 6.89. The number of fused-ring (bicyclic) bond motifs is 1. The number of rotatable bonds is 2. The minimum atomic E-state index is -0.493. The summed E-state index contributed by atoms with van der Waals surface area (Å²) in [6.07, 6.45) is 2.05. The number of anilines is 2. The number of halogens is 2. The van der Waals surface area contributed by atoms with Crippen LogP contribution in [-0.4, -0.2) is 27.4 Å². The highest BCUT2D eigenvalue weighted by Crippen LogP contribution is 2.27. The monoisotopic (exact) mass is 336 g/mol. The summed E-state index contributed by atoms with van der Waals surface area (Å²) in [7, 11) is 0. The fourth-order valence-corrected chi connectivity index (χ4v) is 2.60. The Morgan fingerprint density at radius 1 is 1.39 bits per heavy atom. The highest BCUT2D eigenvalue weighted by Gasteiger charge is 2.24. The predicted octanol–water partition coefficient (Wildman–Crippen LogP) is 1.95. The molecule has 1 aromatic heterocycles. The van der Waals surface area contributed by atoms with Crippen molar-refractivity contribution in [1.29, 1.82) is 0 Å². The third kappa shape index (κ3) is 3.17. The van der Waals surface area contributed by atoms with Gasteiger partial charge in [-0.15, -0.1) is 0 Å². The Hall–Kier alpha value is -2.45. The first-order chi connectivity index (χ1) is 11.1. The SMILES string of the molecule is NNC(=O)N1CCc2ncnc(Nc3ccc(F)c(Cl)c3)c2C1. The van der Waals surface area contributed by atoms with E-state index in [1.165, 1.54) is 18.5 Å². The van der Waals surface area contributed by atoms with Crippen molar-refractivity contribution >= 4 is 29.1 Å². The molecule has 2 heterocycles. The van der Waals surface area contributed by atoms with E-state index in [2.05, 4.69) is 20.7 Å². The number of urea groups is 1. The van der Waals surface area contributed by atoms with E-state index in [-0.39, 0.29) is 11.1 Å². The first kappa shape index (κ1) is 15.4. The second-order valence-corrected chi connectivity index (χ2v) is 5.43. The number of carbonyl (C=O) groups excluding carboxylic acids is 1.